The van der Waals surface area contributed by atoms with Crippen molar-refractivity contribution in [1.29, 1.82) is 0 Å². The SMILES string of the molecule is CCNC(=O)C1CCN(Cn2nccc2[N+](=O)[O-])CC1. The predicted molar refractivity (Wildman–Crippen MR) is 71.9 cm³/mol. The molecule has 8 nitrogen and oxygen atoms in total. The highest BCUT2D eigenvalue weighted by Gasteiger charge is 2.26. The number of carbonyl (C=O) groups is 1. The van der Waals surface area contributed by atoms with Crippen LogP contribution in [-0.2, 0) is 11.5 Å². The zero-order valence-electron chi connectivity index (χ0n) is 11.5. The van der Waals surface area contributed by atoms with Crippen molar-refractivity contribution in [2.45, 2.75) is 26.4 Å². The van der Waals surface area contributed by atoms with Gasteiger partial charge in [-0.1, -0.05) is 5.10 Å². The van der Waals surface area contributed by atoms with Crippen LogP contribution in [0, 0.1) is 16.0 Å². The van der Waals surface area contributed by atoms with E-state index in [1.54, 1.807) is 0 Å². The minimum atomic E-state index is -0.436. The number of rotatable bonds is 5. The molecular formula is C12H19N5O3. The monoisotopic (exact) mass is 281 g/mol. The Morgan fingerprint density at radius 1 is 1.55 bits per heavy atom. The van der Waals surface area contributed by atoms with Crippen molar-refractivity contribution < 1.29 is 9.72 Å². The van der Waals surface area contributed by atoms with Crippen molar-refractivity contribution in [2.24, 2.45) is 5.92 Å². The number of nitro groups is 1. The maximum atomic E-state index is 11.7. The van der Waals surface area contributed by atoms with Crippen molar-refractivity contribution >= 4 is 11.7 Å². The van der Waals surface area contributed by atoms with Gasteiger partial charge in [0.25, 0.3) is 0 Å². The van der Waals surface area contributed by atoms with E-state index in [-0.39, 0.29) is 17.6 Å². The first-order valence-corrected chi connectivity index (χ1v) is 6.78. The number of carbonyl (C=O) groups excluding carboxylic acids is 1. The molecule has 2 rings (SSSR count). The second-order valence-corrected chi connectivity index (χ2v) is 4.87. The lowest BCUT2D eigenvalue weighted by Crippen LogP contribution is -2.41. The molecule has 8 heteroatoms. The second-order valence-electron chi connectivity index (χ2n) is 4.87. The molecule has 1 fully saturated rings. The number of hydrogen-bond donors (Lipinski definition) is 1. The van der Waals surface area contributed by atoms with Gasteiger partial charge in [0.2, 0.25) is 5.91 Å². The molecule has 1 aromatic rings. The molecule has 0 bridgehead atoms. The Morgan fingerprint density at radius 2 is 2.25 bits per heavy atom. The van der Waals surface area contributed by atoms with Gasteiger partial charge in [-0.3, -0.25) is 9.69 Å². The normalized spacial score (nSPS) is 17.1. The molecule has 0 unspecified atom stereocenters. The van der Waals surface area contributed by atoms with E-state index in [0.717, 1.165) is 25.9 Å². The molecule has 0 aliphatic carbocycles. The molecule has 1 aromatic heterocycles. The van der Waals surface area contributed by atoms with Crippen LogP contribution in [0.4, 0.5) is 5.82 Å². The summed E-state index contributed by atoms with van der Waals surface area (Å²) in [4.78, 5) is 24.2. The van der Waals surface area contributed by atoms with Crippen LogP contribution in [0.25, 0.3) is 0 Å². The summed E-state index contributed by atoms with van der Waals surface area (Å²) in [6, 6.07) is 1.39. The van der Waals surface area contributed by atoms with Crippen molar-refractivity contribution in [2.75, 3.05) is 19.6 Å². The van der Waals surface area contributed by atoms with E-state index in [4.69, 9.17) is 0 Å². The summed E-state index contributed by atoms with van der Waals surface area (Å²) in [6.45, 7) is 4.45. The first-order chi connectivity index (χ1) is 9.61. The minimum Gasteiger partial charge on any atom is -0.358 e. The fourth-order valence-electron chi connectivity index (χ4n) is 2.43. The van der Waals surface area contributed by atoms with E-state index in [9.17, 15) is 14.9 Å². The van der Waals surface area contributed by atoms with Gasteiger partial charge in [-0.25, -0.2) is 0 Å². The molecule has 1 aliphatic rings. The van der Waals surface area contributed by atoms with Crippen LogP contribution >= 0.6 is 0 Å². The number of hydrogen-bond acceptors (Lipinski definition) is 5. The maximum absolute atomic E-state index is 11.7. The van der Waals surface area contributed by atoms with Gasteiger partial charge < -0.3 is 15.4 Å². The minimum absolute atomic E-state index is 0.00384. The van der Waals surface area contributed by atoms with Crippen molar-refractivity contribution in [3.05, 3.63) is 22.4 Å². The second kappa shape index (κ2) is 6.47. The summed E-state index contributed by atoms with van der Waals surface area (Å²) in [5, 5.41) is 17.6. The van der Waals surface area contributed by atoms with Crippen LogP contribution < -0.4 is 5.32 Å². The van der Waals surface area contributed by atoms with Crippen LogP contribution in [0.15, 0.2) is 12.3 Å². The molecule has 1 aliphatic heterocycles. The molecule has 1 saturated heterocycles. The highest BCUT2D eigenvalue weighted by molar-refractivity contribution is 5.78. The fraction of sp³-hybridized carbons (Fsp3) is 0.667. The van der Waals surface area contributed by atoms with E-state index in [1.165, 1.54) is 16.9 Å². The van der Waals surface area contributed by atoms with E-state index in [2.05, 4.69) is 15.3 Å². The predicted octanol–water partition coefficient (Wildman–Crippen LogP) is 0.597. The van der Waals surface area contributed by atoms with Crippen LogP contribution in [0.2, 0.25) is 0 Å². The van der Waals surface area contributed by atoms with Gasteiger partial charge in [0, 0.05) is 25.6 Å². The molecule has 110 valence electrons. The highest BCUT2D eigenvalue weighted by atomic mass is 16.6. The third-order valence-corrected chi connectivity index (χ3v) is 3.52. The summed E-state index contributed by atoms with van der Waals surface area (Å²) < 4.78 is 1.38. The van der Waals surface area contributed by atoms with Gasteiger partial charge in [-0.2, -0.15) is 0 Å². The molecule has 0 atom stereocenters. The topological polar surface area (TPSA) is 93.3 Å². The smallest absolute Gasteiger partial charge is 0.346 e. The summed E-state index contributed by atoms with van der Waals surface area (Å²) in [7, 11) is 0. The van der Waals surface area contributed by atoms with E-state index < -0.39 is 4.92 Å². The van der Waals surface area contributed by atoms with Crippen LogP contribution in [0.5, 0.6) is 0 Å². The largest absolute Gasteiger partial charge is 0.358 e. The molecule has 0 saturated carbocycles. The molecule has 0 radical (unpaired) electrons. The third-order valence-electron chi connectivity index (χ3n) is 3.52. The zero-order valence-corrected chi connectivity index (χ0v) is 11.5. The number of piperidine rings is 1. The molecular weight excluding hydrogens is 262 g/mol. The van der Waals surface area contributed by atoms with Crippen LogP contribution in [-0.4, -0.2) is 45.1 Å². The zero-order chi connectivity index (χ0) is 14.5. The van der Waals surface area contributed by atoms with Crippen LogP contribution in [0.1, 0.15) is 19.8 Å². The number of amides is 1. The summed E-state index contributed by atoms with van der Waals surface area (Å²) in [5.41, 5.74) is 0. The first-order valence-electron chi connectivity index (χ1n) is 6.78. The van der Waals surface area contributed by atoms with E-state index in [0.29, 0.717) is 13.2 Å². The molecule has 2 heterocycles. The average Bonchev–Trinajstić information content (AvgIpc) is 2.88. The summed E-state index contributed by atoms with van der Waals surface area (Å²) in [5.74, 6) is 0.159. The Labute approximate surface area is 116 Å². The molecule has 1 amide bonds. The Bertz CT molecular complexity index is 479. The first kappa shape index (κ1) is 14.4. The van der Waals surface area contributed by atoms with Crippen LogP contribution in [0.3, 0.4) is 0 Å². The molecule has 1 N–H and O–H groups in total. The lowest BCUT2D eigenvalue weighted by Gasteiger charge is -2.29. The summed E-state index contributed by atoms with van der Waals surface area (Å²) in [6.07, 6.45) is 2.99. The van der Waals surface area contributed by atoms with Gasteiger partial charge in [-0.05, 0) is 24.7 Å². The van der Waals surface area contributed by atoms with Crippen molar-refractivity contribution in [1.82, 2.24) is 20.0 Å². The highest BCUT2D eigenvalue weighted by Crippen LogP contribution is 2.19. The Hall–Kier alpha value is -1.96. The quantitative estimate of drug-likeness (QED) is 0.630. The third kappa shape index (κ3) is 3.32. The van der Waals surface area contributed by atoms with Gasteiger partial charge in [0.05, 0.1) is 12.3 Å². The standard InChI is InChI=1S/C12H19N5O3/c1-2-13-12(18)10-4-7-15(8-5-10)9-16-11(17(19)20)3-6-14-16/h3,6,10H,2,4-5,7-9H2,1H3,(H,13,18). The Kier molecular flexibility index (Phi) is 4.67. The lowest BCUT2D eigenvalue weighted by molar-refractivity contribution is -0.393. The maximum Gasteiger partial charge on any atom is 0.346 e. The van der Waals surface area contributed by atoms with E-state index >= 15 is 0 Å². The van der Waals surface area contributed by atoms with E-state index in [1.807, 2.05) is 6.92 Å². The Balaban J connectivity index is 1.87. The van der Waals surface area contributed by atoms with Gasteiger partial charge in [-0.15, -0.1) is 4.68 Å². The number of aromatic nitrogens is 2. The van der Waals surface area contributed by atoms with Gasteiger partial charge in [0.1, 0.15) is 0 Å². The average molecular weight is 281 g/mol. The van der Waals surface area contributed by atoms with Crippen molar-refractivity contribution in [3.8, 4) is 0 Å². The molecule has 20 heavy (non-hydrogen) atoms. The number of nitrogens with one attached hydrogen (secondary N) is 1. The van der Waals surface area contributed by atoms with Gasteiger partial charge in [0.15, 0.2) is 6.67 Å². The number of nitrogens with zero attached hydrogens (tertiary/aromatic N) is 4. The fourth-order valence-corrected chi connectivity index (χ4v) is 2.43. The number of likely N-dealkylation sites (tertiary alicyclic amines) is 1. The molecule has 0 aromatic carbocycles. The summed E-state index contributed by atoms with van der Waals surface area (Å²) >= 11 is 0. The Morgan fingerprint density at radius 3 is 2.85 bits per heavy atom. The van der Waals surface area contributed by atoms with Crippen molar-refractivity contribution in [3.63, 3.8) is 0 Å². The van der Waals surface area contributed by atoms with Gasteiger partial charge >= 0.3 is 5.82 Å². The lowest BCUT2D eigenvalue weighted by atomic mass is 9.96. The molecule has 0 spiro atoms.